The van der Waals surface area contributed by atoms with E-state index in [2.05, 4.69) is 33.5 Å². The summed E-state index contributed by atoms with van der Waals surface area (Å²) in [6, 6.07) is 17.2. The Bertz CT molecular complexity index is 761. The lowest BCUT2D eigenvalue weighted by molar-refractivity contribution is -0.123. The van der Waals surface area contributed by atoms with Crippen molar-refractivity contribution in [1.29, 1.82) is 0 Å². The van der Waals surface area contributed by atoms with Gasteiger partial charge >= 0.3 is 0 Å². The van der Waals surface area contributed by atoms with Gasteiger partial charge in [0.05, 0.1) is 11.8 Å². The lowest BCUT2D eigenvalue weighted by Gasteiger charge is -2.17. The molecule has 1 aliphatic heterocycles. The lowest BCUT2D eigenvalue weighted by Crippen LogP contribution is -2.43. The molecular formula is C19H21ClN4O. The number of nitrogens with one attached hydrogen (secondary N) is 3. The Balaban J connectivity index is 1.64. The minimum Gasteiger partial charge on any atom is -0.271 e. The van der Waals surface area contributed by atoms with Gasteiger partial charge in [0.1, 0.15) is 6.04 Å². The highest BCUT2D eigenvalue weighted by Gasteiger charge is 2.37. The van der Waals surface area contributed by atoms with Gasteiger partial charge in [0.25, 0.3) is 5.91 Å². The maximum absolute atomic E-state index is 12.5. The molecule has 2 aromatic carbocycles. The summed E-state index contributed by atoms with van der Waals surface area (Å²) < 4.78 is 0. The zero-order valence-electron chi connectivity index (χ0n) is 14.2. The van der Waals surface area contributed by atoms with E-state index >= 15 is 0 Å². The summed E-state index contributed by atoms with van der Waals surface area (Å²) in [7, 11) is 0. The Kier molecular flexibility index (Phi) is 5.48. The molecule has 1 heterocycles. The molecular weight excluding hydrogens is 336 g/mol. The van der Waals surface area contributed by atoms with E-state index in [-0.39, 0.29) is 23.9 Å². The maximum Gasteiger partial charge on any atom is 0.258 e. The lowest BCUT2D eigenvalue weighted by atomic mass is 9.91. The maximum atomic E-state index is 12.5. The van der Waals surface area contributed by atoms with Crippen molar-refractivity contribution >= 4 is 23.2 Å². The Labute approximate surface area is 152 Å². The van der Waals surface area contributed by atoms with E-state index in [1.807, 2.05) is 44.2 Å². The zero-order valence-corrected chi connectivity index (χ0v) is 14.9. The minimum atomic E-state index is -0.355. The van der Waals surface area contributed by atoms with Gasteiger partial charge in [-0.2, -0.15) is 5.10 Å². The van der Waals surface area contributed by atoms with E-state index in [1.165, 1.54) is 0 Å². The highest BCUT2D eigenvalue weighted by Crippen LogP contribution is 2.28. The quantitative estimate of drug-likeness (QED) is 0.582. The van der Waals surface area contributed by atoms with E-state index in [4.69, 9.17) is 11.6 Å². The van der Waals surface area contributed by atoms with Gasteiger partial charge < -0.3 is 0 Å². The molecule has 5 nitrogen and oxygen atoms in total. The van der Waals surface area contributed by atoms with Crippen molar-refractivity contribution in [1.82, 2.24) is 16.3 Å². The van der Waals surface area contributed by atoms with Crippen LogP contribution in [-0.2, 0) is 4.79 Å². The van der Waals surface area contributed by atoms with Gasteiger partial charge in [-0.15, -0.1) is 0 Å². The highest BCUT2D eigenvalue weighted by atomic mass is 35.5. The number of benzene rings is 2. The molecule has 1 fully saturated rings. The first-order valence-electron chi connectivity index (χ1n) is 8.22. The fourth-order valence-electron chi connectivity index (χ4n) is 2.95. The van der Waals surface area contributed by atoms with E-state index in [1.54, 1.807) is 12.1 Å². The van der Waals surface area contributed by atoms with Crippen molar-refractivity contribution in [2.45, 2.75) is 25.9 Å². The van der Waals surface area contributed by atoms with E-state index in [9.17, 15) is 4.79 Å². The second-order valence-corrected chi connectivity index (χ2v) is 6.63. The summed E-state index contributed by atoms with van der Waals surface area (Å²) in [5.74, 6) is -0.0693. The molecule has 25 heavy (non-hydrogen) atoms. The summed E-state index contributed by atoms with van der Waals surface area (Å²) in [5, 5.41) is 4.88. The van der Waals surface area contributed by atoms with Gasteiger partial charge in [-0.1, -0.05) is 61.0 Å². The van der Waals surface area contributed by atoms with Crippen LogP contribution in [-0.4, -0.2) is 17.7 Å². The van der Waals surface area contributed by atoms with Crippen LogP contribution in [0.4, 0.5) is 0 Å². The van der Waals surface area contributed by atoms with Crippen molar-refractivity contribution in [2.75, 3.05) is 0 Å². The molecule has 0 bridgehead atoms. The summed E-state index contributed by atoms with van der Waals surface area (Å²) in [4.78, 5) is 12.5. The molecule has 1 amide bonds. The predicted octanol–water partition coefficient (Wildman–Crippen LogP) is 3.03. The third kappa shape index (κ3) is 4.07. The number of halogens is 1. The van der Waals surface area contributed by atoms with Crippen molar-refractivity contribution in [3.05, 3.63) is 70.7 Å². The number of hydrogen-bond acceptors (Lipinski definition) is 4. The molecule has 3 unspecified atom stereocenters. The van der Waals surface area contributed by atoms with E-state index in [0.29, 0.717) is 5.02 Å². The van der Waals surface area contributed by atoms with Crippen LogP contribution in [0.2, 0.25) is 5.02 Å². The number of hydrogen-bond donors (Lipinski definition) is 3. The molecule has 3 N–H and O–H groups in total. The van der Waals surface area contributed by atoms with Crippen LogP contribution in [0, 0.1) is 5.92 Å². The van der Waals surface area contributed by atoms with Crippen LogP contribution in [0.25, 0.3) is 0 Å². The summed E-state index contributed by atoms with van der Waals surface area (Å²) in [6.07, 6.45) is 0. The number of hydrazone groups is 1. The molecule has 6 heteroatoms. The number of rotatable bonds is 4. The molecule has 1 aliphatic rings. The molecule has 2 aromatic rings. The third-order valence-electron chi connectivity index (χ3n) is 4.48. The first kappa shape index (κ1) is 17.6. The summed E-state index contributed by atoms with van der Waals surface area (Å²) in [5.41, 5.74) is 11.7. The molecule has 0 spiro atoms. The van der Waals surface area contributed by atoms with Crippen LogP contribution >= 0.6 is 11.6 Å². The van der Waals surface area contributed by atoms with Crippen LogP contribution < -0.4 is 16.3 Å². The van der Waals surface area contributed by atoms with Crippen LogP contribution in [0.5, 0.6) is 0 Å². The molecule has 3 rings (SSSR count). The first-order valence-corrected chi connectivity index (χ1v) is 8.60. The van der Waals surface area contributed by atoms with Crippen LogP contribution in [0.3, 0.4) is 0 Å². The van der Waals surface area contributed by atoms with Crippen molar-refractivity contribution < 1.29 is 4.79 Å². The second-order valence-electron chi connectivity index (χ2n) is 6.19. The first-order chi connectivity index (χ1) is 12.1. The smallest absolute Gasteiger partial charge is 0.258 e. The van der Waals surface area contributed by atoms with Gasteiger partial charge in [0.2, 0.25) is 0 Å². The van der Waals surface area contributed by atoms with Gasteiger partial charge in [-0.25, -0.2) is 16.3 Å². The van der Waals surface area contributed by atoms with Gasteiger partial charge in [0, 0.05) is 10.9 Å². The topological polar surface area (TPSA) is 65.5 Å². The fraction of sp³-hybridized carbons (Fsp3) is 0.263. The molecule has 1 saturated heterocycles. The third-order valence-corrected chi connectivity index (χ3v) is 4.73. The summed E-state index contributed by atoms with van der Waals surface area (Å²) in [6.45, 7) is 3.89. The molecule has 130 valence electrons. The van der Waals surface area contributed by atoms with Crippen LogP contribution in [0.1, 0.15) is 31.0 Å². The predicted molar refractivity (Wildman–Crippen MR) is 100 cm³/mol. The summed E-state index contributed by atoms with van der Waals surface area (Å²) >= 11 is 5.89. The Hall–Kier alpha value is -2.21. The van der Waals surface area contributed by atoms with Crippen LogP contribution in [0.15, 0.2) is 59.7 Å². The number of nitrogens with zero attached hydrogens (tertiary/aromatic N) is 1. The minimum absolute atomic E-state index is 0.0818. The van der Waals surface area contributed by atoms with Crippen molar-refractivity contribution in [3.8, 4) is 0 Å². The fourth-order valence-corrected chi connectivity index (χ4v) is 3.08. The number of amides is 1. The molecule has 0 aromatic heterocycles. The average molecular weight is 357 g/mol. The molecule has 0 saturated carbocycles. The standard InChI is InChI=1S/C19H21ClN4O/c1-12-17(15-6-4-3-5-7-15)22-23-18(12)19(25)24-21-13(2)14-8-10-16(20)11-9-14/h3-12,17-18,22-23H,1-2H3,(H,24,25)/b21-13+. The van der Waals surface area contributed by atoms with Crippen molar-refractivity contribution in [3.63, 3.8) is 0 Å². The SMILES string of the molecule is C/C(=N\NC(=O)C1NNC(c2ccccc2)C1C)c1ccc(Cl)cc1. The average Bonchev–Trinajstić information content (AvgIpc) is 3.02. The molecule has 0 aliphatic carbocycles. The number of hydrazine groups is 1. The normalized spacial score (nSPS) is 23.5. The van der Waals surface area contributed by atoms with Gasteiger partial charge in [-0.3, -0.25) is 4.79 Å². The Morgan fingerprint density at radius 1 is 1.08 bits per heavy atom. The Morgan fingerprint density at radius 2 is 1.76 bits per heavy atom. The largest absolute Gasteiger partial charge is 0.271 e. The monoisotopic (exact) mass is 356 g/mol. The Morgan fingerprint density at radius 3 is 2.44 bits per heavy atom. The van der Waals surface area contributed by atoms with Crippen molar-refractivity contribution in [2.24, 2.45) is 11.0 Å². The van der Waals surface area contributed by atoms with Gasteiger partial charge in [0.15, 0.2) is 0 Å². The number of carbonyl (C=O) groups is 1. The van der Waals surface area contributed by atoms with Gasteiger partial charge in [-0.05, 0) is 30.2 Å². The molecule has 0 radical (unpaired) electrons. The highest BCUT2D eigenvalue weighted by molar-refractivity contribution is 6.30. The molecule has 3 atom stereocenters. The number of carbonyl (C=O) groups excluding carboxylic acids is 1. The second kappa shape index (κ2) is 7.78. The van der Waals surface area contributed by atoms with E-state index < -0.39 is 0 Å². The zero-order chi connectivity index (χ0) is 17.8. The van der Waals surface area contributed by atoms with E-state index in [0.717, 1.165) is 16.8 Å².